The summed E-state index contributed by atoms with van der Waals surface area (Å²) in [5.41, 5.74) is 2.51. The van der Waals surface area contributed by atoms with E-state index in [1.54, 1.807) is 11.6 Å². The standard InChI is InChI=1S/C15H14N2O2/c1-16-13-9-5-6-10-14(13)17(15(16)18)19-11-12-7-3-2-4-8-12/h2-10H,11H2,1H3. The van der Waals surface area contributed by atoms with Gasteiger partial charge in [-0.25, -0.2) is 4.79 Å². The first-order chi connectivity index (χ1) is 9.27. The lowest BCUT2D eigenvalue weighted by Crippen LogP contribution is -2.27. The molecule has 4 heteroatoms. The van der Waals surface area contributed by atoms with Crippen LogP contribution in [0, 0.1) is 0 Å². The maximum atomic E-state index is 12.1. The molecule has 0 N–H and O–H groups in total. The second-order valence-corrected chi connectivity index (χ2v) is 4.38. The molecule has 0 aliphatic carbocycles. The molecule has 0 spiro atoms. The highest BCUT2D eigenvalue weighted by Crippen LogP contribution is 2.10. The second-order valence-electron chi connectivity index (χ2n) is 4.38. The zero-order valence-electron chi connectivity index (χ0n) is 10.6. The first-order valence-electron chi connectivity index (χ1n) is 6.11. The highest BCUT2D eigenvalue weighted by Gasteiger charge is 2.10. The van der Waals surface area contributed by atoms with E-state index in [4.69, 9.17) is 4.84 Å². The summed E-state index contributed by atoms with van der Waals surface area (Å²) in [6.45, 7) is 0.370. The van der Waals surface area contributed by atoms with Crippen molar-refractivity contribution in [3.63, 3.8) is 0 Å². The summed E-state index contributed by atoms with van der Waals surface area (Å²) in [7, 11) is 1.74. The monoisotopic (exact) mass is 254 g/mol. The molecular formula is C15H14N2O2. The topological polar surface area (TPSA) is 36.2 Å². The Kier molecular flexibility index (Phi) is 2.83. The number of aromatic nitrogens is 2. The lowest BCUT2D eigenvalue weighted by molar-refractivity contribution is 0.0973. The number of benzene rings is 2. The highest BCUT2D eigenvalue weighted by molar-refractivity contribution is 5.75. The Morgan fingerprint density at radius 1 is 0.947 bits per heavy atom. The van der Waals surface area contributed by atoms with Gasteiger partial charge in [-0.05, 0) is 17.7 Å². The van der Waals surface area contributed by atoms with E-state index in [2.05, 4.69) is 0 Å². The molecule has 3 aromatic rings. The molecular weight excluding hydrogens is 240 g/mol. The van der Waals surface area contributed by atoms with Gasteiger partial charge in [0.2, 0.25) is 0 Å². The molecule has 1 heterocycles. The largest absolute Gasteiger partial charge is 0.404 e. The van der Waals surface area contributed by atoms with Gasteiger partial charge in [0.25, 0.3) is 0 Å². The van der Waals surface area contributed by atoms with E-state index in [0.717, 1.165) is 16.6 Å². The number of hydrogen-bond acceptors (Lipinski definition) is 2. The van der Waals surface area contributed by atoms with E-state index >= 15 is 0 Å². The summed E-state index contributed by atoms with van der Waals surface area (Å²) in [5.74, 6) is 0. The molecule has 3 rings (SSSR count). The third-order valence-electron chi connectivity index (χ3n) is 3.13. The summed E-state index contributed by atoms with van der Waals surface area (Å²) in [5, 5.41) is 0. The van der Waals surface area contributed by atoms with E-state index in [-0.39, 0.29) is 5.69 Å². The predicted octanol–water partition coefficient (Wildman–Crippen LogP) is 1.97. The molecule has 0 saturated heterocycles. The molecule has 1 aromatic heterocycles. The number of rotatable bonds is 3. The number of hydrogen-bond donors (Lipinski definition) is 0. The summed E-state index contributed by atoms with van der Waals surface area (Å²) in [6, 6.07) is 17.4. The van der Waals surface area contributed by atoms with Crippen LogP contribution in [-0.2, 0) is 13.7 Å². The maximum Gasteiger partial charge on any atom is 0.361 e. The molecule has 4 nitrogen and oxygen atoms in total. The van der Waals surface area contributed by atoms with Gasteiger partial charge in [-0.1, -0.05) is 42.5 Å². The van der Waals surface area contributed by atoms with Gasteiger partial charge in [-0.15, -0.1) is 4.73 Å². The summed E-state index contributed by atoms with van der Waals surface area (Å²) in [4.78, 5) is 17.8. The molecule has 19 heavy (non-hydrogen) atoms. The van der Waals surface area contributed by atoms with Crippen LogP contribution in [-0.4, -0.2) is 9.30 Å². The molecule has 0 radical (unpaired) electrons. The fourth-order valence-corrected chi connectivity index (χ4v) is 2.10. The zero-order chi connectivity index (χ0) is 13.2. The van der Waals surface area contributed by atoms with E-state index < -0.39 is 0 Å². The Morgan fingerprint density at radius 2 is 1.58 bits per heavy atom. The van der Waals surface area contributed by atoms with Crippen LogP contribution in [0.3, 0.4) is 0 Å². The SMILES string of the molecule is Cn1c(=O)n(OCc2ccccc2)c2ccccc21. The Labute approximate surface area is 110 Å². The summed E-state index contributed by atoms with van der Waals surface area (Å²) >= 11 is 0. The molecule has 0 aliphatic heterocycles. The van der Waals surface area contributed by atoms with Crippen molar-refractivity contribution in [2.75, 3.05) is 0 Å². The Hall–Kier alpha value is -2.49. The Morgan fingerprint density at radius 3 is 2.32 bits per heavy atom. The van der Waals surface area contributed by atoms with Crippen LogP contribution in [0.15, 0.2) is 59.4 Å². The molecule has 0 bridgehead atoms. The number of nitrogens with zero attached hydrogens (tertiary/aromatic N) is 2. The maximum absolute atomic E-state index is 12.1. The van der Waals surface area contributed by atoms with Gasteiger partial charge in [-0.2, -0.15) is 0 Å². The average Bonchev–Trinajstić information content (AvgIpc) is 2.71. The van der Waals surface area contributed by atoms with Crippen LogP contribution in [0.2, 0.25) is 0 Å². The van der Waals surface area contributed by atoms with Gasteiger partial charge in [0.15, 0.2) is 0 Å². The van der Waals surface area contributed by atoms with E-state index in [1.807, 2.05) is 54.6 Å². The molecule has 0 aliphatic rings. The quantitative estimate of drug-likeness (QED) is 0.716. The van der Waals surface area contributed by atoms with Crippen LogP contribution in [0.1, 0.15) is 5.56 Å². The number of para-hydroxylation sites is 2. The van der Waals surface area contributed by atoms with E-state index in [1.165, 1.54) is 4.73 Å². The Bertz CT molecular complexity index is 757. The Balaban J connectivity index is 1.97. The molecule has 0 fully saturated rings. The van der Waals surface area contributed by atoms with Crippen molar-refractivity contribution < 1.29 is 4.84 Å². The summed E-state index contributed by atoms with van der Waals surface area (Å²) < 4.78 is 2.93. The fourth-order valence-electron chi connectivity index (χ4n) is 2.10. The molecule has 96 valence electrons. The zero-order valence-corrected chi connectivity index (χ0v) is 10.6. The van der Waals surface area contributed by atoms with Crippen LogP contribution < -0.4 is 10.5 Å². The third-order valence-corrected chi connectivity index (χ3v) is 3.13. The van der Waals surface area contributed by atoms with Gasteiger partial charge in [0.1, 0.15) is 12.1 Å². The molecule has 0 unspecified atom stereocenters. The smallest absolute Gasteiger partial charge is 0.361 e. The number of fused-ring (bicyclic) bond motifs is 1. The van der Waals surface area contributed by atoms with Gasteiger partial charge in [-0.3, -0.25) is 4.57 Å². The highest BCUT2D eigenvalue weighted by atomic mass is 16.7. The normalized spacial score (nSPS) is 10.8. The van der Waals surface area contributed by atoms with E-state index in [9.17, 15) is 4.79 Å². The van der Waals surface area contributed by atoms with Gasteiger partial charge < -0.3 is 4.84 Å². The second kappa shape index (κ2) is 4.65. The van der Waals surface area contributed by atoms with Gasteiger partial charge in [0, 0.05) is 7.05 Å². The molecule has 0 saturated carbocycles. The minimum absolute atomic E-state index is 0.169. The average molecular weight is 254 g/mol. The molecule has 2 aromatic carbocycles. The molecule has 0 amide bonds. The van der Waals surface area contributed by atoms with Crippen molar-refractivity contribution in [3.05, 3.63) is 70.6 Å². The van der Waals surface area contributed by atoms with Crippen molar-refractivity contribution in [3.8, 4) is 0 Å². The van der Waals surface area contributed by atoms with Crippen LogP contribution in [0.25, 0.3) is 11.0 Å². The number of imidazole rings is 1. The minimum Gasteiger partial charge on any atom is -0.404 e. The number of aryl methyl sites for hydroxylation is 1. The third kappa shape index (κ3) is 2.01. The van der Waals surface area contributed by atoms with E-state index in [0.29, 0.717) is 6.61 Å². The first kappa shape index (κ1) is 11.6. The van der Waals surface area contributed by atoms with Crippen molar-refractivity contribution >= 4 is 11.0 Å². The molecule has 0 atom stereocenters. The first-order valence-corrected chi connectivity index (χ1v) is 6.11. The van der Waals surface area contributed by atoms with Gasteiger partial charge in [0.05, 0.1) is 5.52 Å². The van der Waals surface area contributed by atoms with Crippen LogP contribution >= 0.6 is 0 Å². The van der Waals surface area contributed by atoms with Crippen molar-refractivity contribution in [1.82, 2.24) is 9.30 Å². The van der Waals surface area contributed by atoms with Crippen LogP contribution in [0.4, 0.5) is 0 Å². The van der Waals surface area contributed by atoms with Gasteiger partial charge >= 0.3 is 5.69 Å². The van der Waals surface area contributed by atoms with Crippen LogP contribution in [0.5, 0.6) is 0 Å². The summed E-state index contributed by atoms with van der Waals surface area (Å²) in [6.07, 6.45) is 0. The van der Waals surface area contributed by atoms with Crippen molar-refractivity contribution in [2.45, 2.75) is 6.61 Å². The minimum atomic E-state index is -0.169. The van der Waals surface area contributed by atoms with Crippen molar-refractivity contribution in [2.24, 2.45) is 7.05 Å². The fraction of sp³-hybridized carbons (Fsp3) is 0.133. The lowest BCUT2D eigenvalue weighted by atomic mass is 10.2. The predicted molar refractivity (Wildman–Crippen MR) is 73.9 cm³/mol. The van der Waals surface area contributed by atoms with Crippen molar-refractivity contribution in [1.29, 1.82) is 0 Å². The lowest BCUT2D eigenvalue weighted by Gasteiger charge is -2.06.